The van der Waals surface area contributed by atoms with Crippen LogP contribution in [0.25, 0.3) is 0 Å². The Bertz CT molecular complexity index is 138. The van der Waals surface area contributed by atoms with E-state index in [0.717, 1.165) is 17.2 Å². The molecule has 0 saturated heterocycles. The lowest BCUT2D eigenvalue weighted by molar-refractivity contribution is 0.432. The number of hydrogen-bond donors (Lipinski definition) is 1. The summed E-state index contributed by atoms with van der Waals surface area (Å²) >= 11 is 2.14. The summed E-state index contributed by atoms with van der Waals surface area (Å²) in [5, 5.41) is 4.57. The molecule has 0 amide bonds. The molecule has 0 radical (unpaired) electrons. The summed E-state index contributed by atoms with van der Waals surface area (Å²) in [5.41, 5.74) is 0. The van der Waals surface area contributed by atoms with E-state index in [1.807, 2.05) is 0 Å². The second-order valence-electron chi connectivity index (χ2n) is 3.99. The van der Waals surface area contributed by atoms with Gasteiger partial charge in [0.05, 0.1) is 0 Å². The van der Waals surface area contributed by atoms with Crippen LogP contribution in [0.5, 0.6) is 0 Å². The lowest BCUT2D eigenvalue weighted by Gasteiger charge is -2.20. The average Bonchev–Trinajstić information content (AvgIpc) is 2.46. The predicted octanol–water partition coefficient (Wildman–Crippen LogP) is 2.91. The molecule has 0 aromatic carbocycles. The first-order chi connectivity index (χ1) is 6.29. The van der Waals surface area contributed by atoms with Crippen molar-refractivity contribution in [1.29, 1.82) is 0 Å². The molecule has 0 aromatic rings. The van der Waals surface area contributed by atoms with Crippen molar-refractivity contribution in [2.45, 2.75) is 51.3 Å². The molecule has 0 aromatic heterocycles. The minimum absolute atomic E-state index is 0.795. The van der Waals surface area contributed by atoms with E-state index in [1.54, 1.807) is 0 Å². The monoisotopic (exact) mass is 201 g/mol. The van der Waals surface area contributed by atoms with Gasteiger partial charge >= 0.3 is 0 Å². The van der Waals surface area contributed by atoms with Gasteiger partial charge in [0.2, 0.25) is 0 Å². The molecule has 1 nitrogen and oxygen atoms in total. The molecule has 0 aliphatic heterocycles. The summed E-state index contributed by atoms with van der Waals surface area (Å²) in [6, 6.07) is 0.795. The van der Waals surface area contributed by atoms with Crippen LogP contribution in [0, 0.1) is 5.92 Å². The maximum absolute atomic E-state index is 3.66. The van der Waals surface area contributed by atoms with Gasteiger partial charge in [0.1, 0.15) is 0 Å². The van der Waals surface area contributed by atoms with Crippen molar-refractivity contribution in [3.8, 4) is 0 Å². The lowest BCUT2D eigenvalue weighted by Crippen LogP contribution is -2.33. The van der Waals surface area contributed by atoms with Crippen LogP contribution in [0.3, 0.4) is 0 Å². The van der Waals surface area contributed by atoms with E-state index < -0.39 is 0 Å². The van der Waals surface area contributed by atoms with Gasteiger partial charge in [0.25, 0.3) is 0 Å². The summed E-state index contributed by atoms with van der Waals surface area (Å²) in [7, 11) is 0. The molecular formula is C11H23NS. The first-order valence-corrected chi connectivity index (χ1v) is 6.69. The van der Waals surface area contributed by atoms with Gasteiger partial charge in [-0.1, -0.05) is 20.8 Å². The Morgan fingerprint density at radius 1 is 1.31 bits per heavy atom. The van der Waals surface area contributed by atoms with Crippen molar-refractivity contribution in [3.63, 3.8) is 0 Å². The Morgan fingerprint density at radius 3 is 2.69 bits per heavy atom. The van der Waals surface area contributed by atoms with E-state index in [0.29, 0.717) is 0 Å². The fourth-order valence-electron chi connectivity index (χ4n) is 2.20. The van der Waals surface area contributed by atoms with Gasteiger partial charge < -0.3 is 5.32 Å². The van der Waals surface area contributed by atoms with Crippen molar-refractivity contribution in [1.82, 2.24) is 5.32 Å². The van der Waals surface area contributed by atoms with Gasteiger partial charge in [-0.3, -0.25) is 0 Å². The predicted molar refractivity (Wildman–Crippen MR) is 62.4 cm³/mol. The van der Waals surface area contributed by atoms with Crippen molar-refractivity contribution >= 4 is 11.8 Å². The smallest absolute Gasteiger partial charge is 0.0104 e. The number of nitrogens with one attached hydrogen (secondary N) is 1. The van der Waals surface area contributed by atoms with Crippen LogP contribution < -0.4 is 5.32 Å². The van der Waals surface area contributed by atoms with Crippen molar-refractivity contribution in [2.75, 3.05) is 12.3 Å². The van der Waals surface area contributed by atoms with E-state index in [9.17, 15) is 0 Å². The number of thioether (sulfide) groups is 1. The zero-order chi connectivity index (χ0) is 9.68. The van der Waals surface area contributed by atoms with E-state index in [-0.39, 0.29) is 0 Å². The Hall–Kier alpha value is 0.310. The molecule has 1 N–H and O–H groups in total. The normalized spacial score (nSPS) is 33.9. The Labute approximate surface area is 87.1 Å². The highest BCUT2D eigenvalue weighted by Crippen LogP contribution is 2.34. The SMILES string of the molecule is CCCNC1CCC(SCC)C1C. The van der Waals surface area contributed by atoms with Crippen LogP contribution in [-0.2, 0) is 0 Å². The van der Waals surface area contributed by atoms with Gasteiger partial charge in [-0.05, 0) is 37.5 Å². The zero-order valence-electron chi connectivity index (χ0n) is 9.18. The summed E-state index contributed by atoms with van der Waals surface area (Å²) in [4.78, 5) is 0. The number of hydrogen-bond acceptors (Lipinski definition) is 2. The van der Waals surface area contributed by atoms with E-state index in [2.05, 4.69) is 37.8 Å². The van der Waals surface area contributed by atoms with Gasteiger partial charge in [-0.25, -0.2) is 0 Å². The quantitative estimate of drug-likeness (QED) is 0.734. The minimum Gasteiger partial charge on any atom is -0.314 e. The molecule has 1 fully saturated rings. The average molecular weight is 201 g/mol. The molecule has 1 rings (SSSR count). The molecule has 0 spiro atoms. The highest BCUT2D eigenvalue weighted by molar-refractivity contribution is 7.99. The van der Waals surface area contributed by atoms with Gasteiger partial charge in [0.15, 0.2) is 0 Å². The maximum atomic E-state index is 3.66. The summed E-state index contributed by atoms with van der Waals surface area (Å²) in [6.45, 7) is 8.11. The van der Waals surface area contributed by atoms with Crippen LogP contribution in [0.1, 0.15) is 40.0 Å². The third-order valence-corrected chi connectivity index (χ3v) is 4.45. The number of rotatable bonds is 5. The zero-order valence-corrected chi connectivity index (χ0v) is 9.99. The minimum atomic E-state index is 0.795. The highest BCUT2D eigenvalue weighted by atomic mass is 32.2. The molecule has 2 heteroatoms. The van der Waals surface area contributed by atoms with Crippen molar-refractivity contribution in [2.24, 2.45) is 5.92 Å². The van der Waals surface area contributed by atoms with Crippen molar-refractivity contribution in [3.05, 3.63) is 0 Å². The molecule has 1 saturated carbocycles. The van der Waals surface area contributed by atoms with Crippen LogP contribution >= 0.6 is 11.8 Å². The molecule has 78 valence electrons. The molecule has 0 bridgehead atoms. The van der Waals surface area contributed by atoms with Crippen LogP contribution in [0.2, 0.25) is 0 Å². The van der Waals surface area contributed by atoms with Crippen LogP contribution in [0.15, 0.2) is 0 Å². The molecule has 1 aliphatic carbocycles. The van der Waals surface area contributed by atoms with Crippen molar-refractivity contribution < 1.29 is 0 Å². The molecule has 0 heterocycles. The summed E-state index contributed by atoms with van der Waals surface area (Å²) in [6.07, 6.45) is 4.06. The summed E-state index contributed by atoms with van der Waals surface area (Å²) in [5.74, 6) is 2.15. The third-order valence-electron chi connectivity index (χ3n) is 3.02. The lowest BCUT2D eigenvalue weighted by atomic mass is 10.1. The van der Waals surface area contributed by atoms with Gasteiger partial charge in [-0.15, -0.1) is 0 Å². The molecular weight excluding hydrogens is 178 g/mol. The first kappa shape index (κ1) is 11.4. The molecule has 3 atom stereocenters. The second-order valence-corrected chi connectivity index (χ2v) is 5.51. The molecule has 1 aliphatic rings. The van der Waals surface area contributed by atoms with E-state index >= 15 is 0 Å². The van der Waals surface area contributed by atoms with Crippen LogP contribution in [-0.4, -0.2) is 23.6 Å². The standard InChI is InChI=1S/C11H23NS/c1-4-8-12-10-6-7-11(9(10)3)13-5-2/h9-12H,4-8H2,1-3H3. The van der Waals surface area contributed by atoms with Crippen LogP contribution in [0.4, 0.5) is 0 Å². The van der Waals surface area contributed by atoms with E-state index in [4.69, 9.17) is 0 Å². The highest BCUT2D eigenvalue weighted by Gasteiger charge is 2.31. The largest absolute Gasteiger partial charge is 0.314 e. The Morgan fingerprint density at radius 2 is 2.08 bits per heavy atom. The van der Waals surface area contributed by atoms with Gasteiger partial charge in [-0.2, -0.15) is 11.8 Å². The second kappa shape index (κ2) is 5.92. The Balaban J connectivity index is 2.27. The summed E-state index contributed by atoms with van der Waals surface area (Å²) < 4.78 is 0. The van der Waals surface area contributed by atoms with Gasteiger partial charge in [0, 0.05) is 11.3 Å². The fourth-order valence-corrected chi connectivity index (χ4v) is 3.42. The maximum Gasteiger partial charge on any atom is 0.0104 e. The topological polar surface area (TPSA) is 12.0 Å². The first-order valence-electron chi connectivity index (χ1n) is 5.64. The third kappa shape index (κ3) is 3.17. The molecule has 3 unspecified atom stereocenters. The fraction of sp³-hybridized carbons (Fsp3) is 1.00. The molecule has 13 heavy (non-hydrogen) atoms. The Kier molecular flexibility index (Phi) is 5.18. The van der Waals surface area contributed by atoms with E-state index in [1.165, 1.54) is 31.6 Å².